The highest BCUT2D eigenvalue weighted by Gasteiger charge is 2.11. The molecular weight excluding hydrogens is 432 g/mol. The van der Waals surface area contributed by atoms with Crippen molar-refractivity contribution in [2.45, 2.75) is 19.6 Å². The van der Waals surface area contributed by atoms with Gasteiger partial charge in [0.05, 0.1) is 13.7 Å². The molecule has 3 N–H and O–H groups in total. The molecule has 0 aliphatic carbocycles. The summed E-state index contributed by atoms with van der Waals surface area (Å²) in [7, 11) is 1.64. The normalized spacial score (nSPS) is 10.8. The molecule has 0 spiro atoms. The second-order valence-corrected chi connectivity index (χ2v) is 7.31. The summed E-state index contributed by atoms with van der Waals surface area (Å²) in [6, 6.07) is 11.5. The SMILES string of the molecule is COc1cc(CNCCCNCCO)c(Br)cc1OCc1cccc(Cl)c1. The lowest BCUT2D eigenvalue weighted by atomic mass is 10.2. The monoisotopic (exact) mass is 456 g/mol. The van der Waals surface area contributed by atoms with Crippen LogP contribution in [0.25, 0.3) is 0 Å². The molecule has 0 amide bonds. The molecule has 0 bridgehead atoms. The minimum atomic E-state index is 0.173. The van der Waals surface area contributed by atoms with Crippen LogP contribution in [-0.2, 0) is 13.2 Å². The fourth-order valence-electron chi connectivity index (χ4n) is 2.54. The number of hydrogen-bond acceptors (Lipinski definition) is 5. The van der Waals surface area contributed by atoms with Crippen LogP contribution in [0.5, 0.6) is 11.5 Å². The van der Waals surface area contributed by atoms with Crippen molar-refractivity contribution in [3.63, 3.8) is 0 Å². The average Bonchev–Trinajstić information content (AvgIpc) is 2.67. The van der Waals surface area contributed by atoms with E-state index < -0.39 is 0 Å². The number of rotatable bonds is 12. The number of aliphatic hydroxyl groups excluding tert-OH is 1. The van der Waals surface area contributed by atoms with Gasteiger partial charge in [0.15, 0.2) is 11.5 Å². The van der Waals surface area contributed by atoms with Crippen LogP contribution >= 0.6 is 27.5 Å². The maximum atomic E-state index is 8.72. The topological polar surface area (TPSA) is 62.8 Å². The molecule has 0 atom stereocenters. The second kappa shape index (κ2) is 12.2. The van der Waals surface area contributed by atoms with Crippen LogP contribution in [0.2, 0.25) is 5.02 Å². The Bertz CT molecular complexity index is 716. The number of halogens is 2. The zero-order chi connectivity index (χ0) is 19.5. The molecule has 0 heterocycles. The number of hydrogen-bond donors (Lipinski definition) is 3. The maximum Gasteiger partial charge on any atom is 0.162 e. The van der Waals surface area contributed by atoms with Gasteiger partial charge in [-0.05, 0) is 54.9 Å². The Labute approximate surface area is 174 Å². The molecule has 148 valence electrons. The van der Waals surface area contributed by atoms with E-state index in [0.29, 0.717) is 29.7 Å². The number of nitrogens with one attached hydrogen (secondary N) is 2. The molecular formula is C20H26BrClN2O3. The van der Waals surface area contributed by atoms with E-state index in [0.717, 1.165) is 41.7 Å². The van der Waals surface area contributed by atoms with Crippen LogP contribution < -0.4 is 20.1 Å². The predicted molar refractivity (Wildman–Crippen MR) is 113 cm³/mol. The molecule has 2 rings (SSSR count). The summed E-state index contributed by atoms with van der Waals surface area (Å²) in [5, 5.41) is 16.0. The van der Waals surface area contributed by atoms with E-state index in [1.54, 1.807) is 7.11 Å². The summed E-state index contributed by atoms with van der Waals surface area (Å²) in [6.07, 6.45) is 0.996. The van der Waals surface area contributed by atoms with Gasteiger partial charge in [-0.1, -0.05) is 39.7 Å². The lowest BCUT2D eigenvalue weighted by Crippen LogP contribution is -2.24. The minimum absolute atomic E-state index is 0.173. The highest BCUT2D eigenvalue weighted by atomic mass is 79.9. The Hall–Kier alpha value is -1.31. The van der Waals surface area contributed by atoms with Crippen molar-refractivity contribution in [2.75, 3.05) is 33.4 Å². The molecule has 0 saturated heterocycles. The molecule has 0 fully saturated rings. The largest absolute Gasteiger partial charge is 0.493 e. The standard InChI is InChI=1S/C20H26BrClN2O3/c1-26-19-11-16(13-24-7-3-6-23-8-9-25)18(21)12-20(19)27-14-15-4-2-5-17(22)10-15/h2,4-5,10-12,23-25H,3,6-9,13-14H2,1H3. The van der Waals surface area contributed by atoms with E-state index in [4.69, 9.17) is 26.2 Å². The fraction of sp³-hybridized carbons (Fsp3) is 0.400. The van der Waals surface area contributed by atoms with Gasteiger partial charge >= 0.3 is 0 Å². The van der Waals surface area contributed by atoms with E-state index in [1.165, 1.54) is 0 Å². The first kappa shape index (κ1) is 22.0. The molecule has 0 aromatic heterocycles. The number of benzene rings is 2. The molecule has 2 aromatic carbocycles. The molecule has 5 nitrogen and oxygen atoms in total. The first-order valence-corrected chi connectivity index (χ1v) is 10.1. The van der Waals surface area contributed by atoms with Gasteiger partial charge in [0.2, 0.25) is 0 Å². The number of ether oxygens (including phenoxy) is 2. The van der Waals surface area contributed by atoms with E-state index in [1.807, 2.05) is 36.4 Å². The first-order chi connectivity index (χ1) is 13.1. The molecule has 0 aliphatic rings. The molecule has 0 radical (unpaired) electrons. The van der Waals surface area contributed by atoms with Crippen molar-refractivity contribution in [2.24, 2.45) is 0 Å². The van der Waals surface area contributed by atoms with Crippen LogP contribution in [0.4, 0.5) is 0 Å². The summed E-state index contributed by atoms with van der Waals surface area (Å²) in [6.45, 7) is 3.73. The van der Waals surface area contributed by atoms with Gasteiger partial charge in [0.25, 0.3) is 0 Å². The van der Waals surface area contributed by atoms with Crippen LogP contribution in [0.3, 0.4) is 0 Å². The zero-order valence-electron chi connectivity index (χ0n) is 15.4. The van der Waals surface area contributed by atoms with Crippen LogP contribution in [0, 0.1) is 0 Å². The summed E-state index contributed by atoms with van der Waals surface area (Å²) in [5.41, 5.74) is 2.10. The van der Waals surface area contributed by atoms with E-state index in [2.05, 4.69) is 26.6 Å². The van der Waals surface area contributed by atoms with Crippen molar-refractivity contribution in [3.8, 4) is 11.5 Å². The molecule has 0 unspecified atom stereocenters. The number of methoxy groups -OCH3 is 1. The Balaban J connectivity index is 1.89. The summed E-state index contributed by atoms with van der Waals surface area (Å²) in [5.74, 6) is 1.38. The smallest absolute Gasteiger partial charge is 0.162 e. The van der Waals surface area contributed by atoms with Crippen molar-refractivity contribution < 1.29 is 14.6 Å². The molecule has 7 heteroatoms. The lowest BCUT2D eigenvalue weighted by Gasteiger charge is -2.15. The average molecular weight is 458 g/mol. The van der Waals surface area contributed by atoms with Gasteiger partial charge in [0, 0.05) is 22.6 Å². The van der Waals surface area contributed by atoms with E-state index in [9.17, 15) is 0 Å². The van der Waals surface area contributed by atoms with Crippen LogP contribution in [-0.4, -0.2) is 38.5 Å². The van der Waals surface area contributed by atoms with Crippen LogP contribution in [0.1, 0.15) is 17.5 Å². The lowest BCUT2D eigenvalue weighted by molar-refractivity contribution is 0.284. The van der Waals surface area contributed by atoms with Gasteiger partial charge in [-0.2, -0.15) is 0 Å². The Morgan fingerprint density at radius 3 is 2.63 bits per heavy atom. The fourth-order valence-corrected chi connectivity index (χ4v) is 3.21. The van der Waals surface area contributed by atoms with E-state index >= 15 is 0 Å². The number of aliphatic hydroxyl groups is 1. The maximum absolute atomic E-state index is 8.72. The van der Waals surface area contributed by atoms with Gasteiger partial charge in [0.1, 0.15) is 6.61 Å². The van der Waals surface area contributed by atoms with Gasteiger partial charge < -0.3 is 25.2 Å². The third kappa shape index (κ3) is 7.68. The molecule has 2 aromatic rings. The minimum Gasteiger partial charge on any atom is -0.493 e. The van der Waals surface area contributed by atoms with Crippen molar-refractivity contribution in [1.29, 1.82) is 0 Å². The van der Waals surface area contributed by atoms with Crippen LogP contribution in [0.15, 0.2) is 40.9 Å². The Morgan fingerprint density at radius 1 is 1.07 bits per heavy atom. The summed E-state index contributed by atoms with van der Waals surface area (Å²) >= 11 is 9.63. The second-order valence-electron chi connectivity index (χ2n) is 6.02. The quantitative estimate of drug-likeness (QED) is 0.424. The molecule has 0 aliphatic heterocycles. The summed E-state index contributed by atoms with van der Waals surface area (Å²) < 4.78 is 12.4. The Morgan fingerprint density at radius 2 is 1.89 bits per heavy atom. The van der Waals surface area contributed by atoms with Gasteiger partial charge in [-0.15, -0.1) is 0 Å². The van der Waals surface area contributed by atoms with Crippen molar-refractivity contribution in [1.82, 2.24) is 10.6 Å². The first-order valence-electron chi connectivity index (χ1n) is 8.90. The van der Waals surface area contributed by atoms with Crippen molar-refractivity contribution >= 4 is 27.5 Å². The highest BCUT2D eigenvalue weighted by Crippen LogP contribution is 2.34. The van der Waals surface area contributed by atoms with Crippen molar-refractivity contribution in [3.05, 3.63) is 57.0 Å². The Kier molecular flexibility index (Phi) is 9.94. The third-order valence-corrected chi connectivity index (χ3v) is 4.90. The summed E-state index contributed by atoms with van der Waals surface area (Å²) in [4.78, 5) is 0. The molecule has 0 saturated carbocycles. The van der Waals surface area contributed by atoms with E-state index in [-0.39, 0.29) is 6.61 Å². The predicted octanol–water partition coefficient (Wildman–Crippen LogP) is 3.75. The molecule has 27 heavy (non-hydrogen) atoms. The third-order valence-electron chi connectivity index (χ3n) is 3.93. The highest BCUT2D eigenvalue weighted by molar-refractivity contribution is 9.10. The van der Waals surface area contributed by atoms with Gasteiger partial charge in [-0.3, -0.25) is 0 Å². The zero-order valence-corrected chi connectivity index (χ0v) is 17.8. The van der Waals surface area contributed by atoms with Gasteiger partial charge in [-0.25, -0.2) is 0 Å².